The molecule has 0 aliphatic heterocycles. The number of hydrogen-bond acceptors (Lipinski definition) is 4. The Balaban J connectivity index is 2.08. The standard InChI is InChI=1S/C15H17ClN4S/c1-9-10(2)19-20-15(13(9)14(17)21)18-8-7-11-3-5-12(16)6-4-11/h3-6H,7-8H2,1-2H3,(H2,17,21)(H,18,20). The second-order valence-electron chi connectivity index (χ2n) is 4.80. The molecular formula is C15H17ClN4S. The maximum atomic E-state index is 5.87. The van der Waals surface area contributed by atoms with Crippen LogP contribution < -0.4 is 11.1 Å². The van der Waals surface area contributed by atoms with Gasteiger partial charge in [-0.15, -0.1) is 5.10 Å². The third-order valence-electron chi connectivity index (χ3n) is 3.32. The summed E-state index contributed by atoms with van der Waals surface area (Å²) in [6.07, 6.45) is 0.850. The van der Waals surface area contributed by atoms with Crippen molar-refractivity contribution in [1.82, 2.24) is 10.2 Å². The molecule has 0 spiro atoms. The number of rotatable bonds is 5. The first-order valence-electron chi connectivity index (χ1n) is 6.61. The van der Waals surface area contributed by atoms with E-state index < -0.39 is 0 Å². The molecule has 0 aliphatic carbocycles. The van der Waals surface area contributed by atoms with Crippen LogP contribution in [0.25, 0.3) is 0 Å². The van der Waals surface area contributed by atoms with Gasteiger partial charge in [-0.3, -0.25) is 0 Å². The molecule has 0 atom stereocenters. The lowest BCUT2D eigenvalue weighted by atomic mass is 10.1. The fraction of sp³-hybridized carbons (Fsp3) is 0.267. The van der Waals surface area contributed by atoms with Gasteiger partial charge in [-0.25, -0.2) is 0 Å². The van der Waals surface area contributed by atoms with E-state index in [1.54, 1.807) is 0 Å². The van der Waals surface area contributed by atoms with E-state index in [4.69, 9.17) is 29.6 Å². The summed E-state index contributed by atoms with van der Waals surface area (Å²) in [5, 5.41) is 12.3. The van der Waals surface area contributed by atoms with Crippen LogP contribution in [0.2, 0.25) is 5.02 Å². The number of aryl methyl sites for hydroxylation is 1. The van der Waals surface area contributed by atoms with E-state index in [-0.39, 0.29) is 0 Å². The van der Waals surface area contributed by atoms with Gasteiger partial charge in [0, 0.05) is 11.6 Å². The zero-order valence-corrected chi connectivity index (χ0v) is 13.6. The summed E-state index contributed by atoms with van der Waals surface area (Å²) in [4.78, 5) is 0.333. The molecule has 0 bridgehead atoms. The Morgan fingerprint density at radius 1 is 1.24 bits per heavy atom. The number of thiocarbonyl (C=S) groups is 1. The molecular weight excluding hydrogens is 304 g/mol. The quantitative estimate of drug-likeness (QED) is 0.829. The van der Waals surface area contributed by atoms with E-state index in [1.165, 1.54) is 5.56 Å². The van der Waals surface area contributed by atoms with Crippen molar-refractivity contribution < 1.29 is 0 Å². The van der Waals surface area contributed by atoms with Gasteiger partial charge in [0.25, 0.3) is 0 Å². The Kier molecular flexibility index (Phi) is 5.09. The van der Waals surface area contributed by atoms with Gasteiger partial charge in [-0.05, 0) is 43.5 Å². The number of nitrogens with zero attached hydrogens (tertiary/aromatic N) is 2. The van der Waals surface area contributed by atoms with Gasteiger partial charge in [0.2, 0.25) is 0 Å². The van der Waals surface area contributed by atoms with Gasteiger partial charge in [0.1, 0.15) is 4.99 Å². The summed E-state index contributed by atoms with van der Waals surface area (Å²) in [6, 6.07) is 7.77. The number of halogens is 1. The third-order valence-corrected chi connectivity index (χ3v) is 3.78. The predicted molar refractivity (Wildman–Crippen MR) is 91.0 cm³/mol. The first kappa shape index (κ1) is 15.7. The lowest BCUT2D eigenvalue weighted by Crippen LogP contribution is -2.19. The molecule has 0 amide bonds. The maximum Gasteiger partial charge on any atom is 0.159 e. The van der Waals surface area contributed by atoms with Crippen LogP contribution in [0.1, 0.15) is 22.4 Å². The first-order chi connectivity index (χ1) is 9.99. The number of aromatic nitrogens is 2. The second kappa shape index (κ2) is 6.83. The predicted octanol–water partition coefficient (Wildman–Crippen LogP) is 3.04. The van der Waals surface area contributed by atoms with Gasteiger partial charge in [-0.1, -0.05) is 36.0 Å². The van der Waals surface area contributed by atoms with Crippen LogP contribution >= 0.6 is 23.8 Å². The van der Waals surface area contributed by atoms with Crippen molar-refractivity contribution in [2.45, 2.75) is 20.3 Å². The molecule has 1 aromatic heterocycles. The van der Waals surface area contributed by atoms with Crippen LogP contribution in [0.3, 0.4) is 0 Å². The highest BCUT2D eigenvalue weighted by Gasteiger charge is 2.13. The molecule has 0 radical (unpaired) electrons. The summed E-state index contributed by atoms with van der Waals surface area (Å²) in [7, 11) is 0. The molecule has 3 N–H and O–H groups in total. The van der Waals surface area contributed by atoms with E-state index in [1.807, 2.05) is 38.1 Å². The average molecular weight is 321 g/mol. The van der Waals surface area contributed by atoms with Gasteiger partial charge in [0.15, 0.2) is 5.82 Å². The molecule has 0 unspecified atom stereocenters. The van der Waals surface area contributed by atoms with Crippen LogP contribution in [-0.4, -0.2) is 21.7 Å². The minimum absolute atomic E-state index is 0.333. The lowest BCUT2D eigenvalue weighted by molar-refractivity contribution is 0.930. The minimum Gasteiger partial charge on any atom is -0.389 e. The van der Waals surface area contributed by atoms with E-state index in [2.05, 4.69) is 15.5 Å². The maximum absolute atomic E-state index is 5.87. The van der Waals surface area contributed by atoms with Crippen molar-refractivity contribution in [3.63, 3.8) is 0 Å². The highest BCUT2D eigenvalue weighted by molar-refractivity contribution is 7.80. The minimum atomic E-state index is 0.333. The SMILES string of the molecule is Cc1nnc(NCCc2ccc(Cl)cc2)c(C(N)=S)c1C. The van der Waals surface area contributed by atoms with E-state index in [0.717, 1.165) is 28.3 Å². The summed E-state index contributed by atoms with van der Waals surface area (Å²) in [5.41, 5.74) is 9.56. The molecule has 4 nitrogen and oxygen atoms in total. The van der Waals surface area contributed by atoms with E-state index >= 15 is 0 Å². The summed E-state index contributed by atoms with van der Waals surface area (Å²) >= 11 is 11.0. The highest BCUT2D eigenvalue weighted by atomic mass is 35.5. The van der Waals surface area contributed by atoms with Crippen molar-refractivity contribution >= 4 is 34.6 Å². The number of hydrogen-bond donors (Lipinski definition) is 2. The Bertz CT molecular complexity index is 655. The third kappa shape index (κ3) is 3.89. The summed E-state index contributed by atoms with van der Waals surface area (Å²) in [6.45, 7) is 4.55. The van der Waals surface area contributed by atoms with E-state index in [9.17, 15) is 0 Å². The van der Waals surface area contributed by atoms with Crippen molar-refractivity contribution in [3.05, 3.63) is 51.7 Å². The summed E-state index contributed by atoms with van der Waals surface area (Å²) in [5.74, 6) is 0.638. The molecule has 1 aromatic carbocycles. The van der Waals surface area contributed by atoms with Crippen LogP contribution in [0.4, 0.5) is 5.82 Å². The second-order valence-corrected chi connectivity index (χ2v) is 5.68. The molecule has 6 heteroatoms. The Morgan fingerprint density at radius 3 is 2.52 bits per heavy atom. The normalized spacial score (nSPS) is 10.4. The molecule has 0 saturated carbocycles. The Morgan fingerprint density at radius 2 is 1.90 bits per heavy atom. The molecule has 0 saturated heterocycles. The monoisotopic (exact) mass is 320 g/mol. The fourth-order valence-corrected chi connectivity index (χ4v) is 2.39. The summed E-state index contributed by atoms with van der Waals surface area (Å²) < 4.78 is 0. The van der Waals surface area contributed by atoms with Crippen molar-refractivity contribution in [2.75, 3.05) is 11.9 Å². The van der Waals surface area contributed by atoms with Gasteiger partial charge >= 0.3 is 0 Å². The van der Waals surface area contributed by atoms with E-state index in [0.29, 0.717) is 17.4 Å². The lowest BCUT2D eigenvalue weighted by Gasteiger charge is -2.13. The molecule has 0 aliphatic rings. The first-order valence-corrected chi connectivity index (χ1v) is 7.39. The van der Waals surface area contributed by atoms with Crippen LogP contribution in [0.5, 0.6) is 0 Å². The molecule has 21 heavy (non-hydrogen) atoms. The largest absolute Gasteiger partial charge is 0.389 e. The topological polar surface area (TPSA) is 63.8 Å². The van der Waals surface area contributed by atoms with Crippen molar-refractivity contribution in [2.24, 2.45) is 5.73 Å². The van der Waals surface area contributed by atoms with Gasteiger partial charge in [0.05, 0.1) is 11.3 Å². The number of anilines is 1. The van der Waals surface area contributed by atoms with Crippen LogP contribution in [0.15, 0.2) is 24.3 Å². The number of nitrogens with two attached hydrogens (primary N) is 1. The zero-order chi connectivity index (χ0) is 15.4. The molecule has 110 valence electrons. The number of benzene rings is 1. The van der Waals surface area contributed by atoms with Gasteiger partial charge < -0.3 is 11.1 Å². The highest BCUT2D eigenvalue weighted by Crippen LogP contribution is 2.18. The molecule has 1 heterocycles. The van der Waals surface area contributed by atoms with Crippen molar-refractivity contribution in [3.8, 4) is 0 Å². The van der Waals surface area contributed by atoms with Gasteiger partial charge in [-0.2, -0.15) is 5.10 Å². The zero-order valence-electron chi connectivity index (χ0n) is 12.0. The Hall–Kier alpha value is -1.72. The Labute approximate surface area is 134 Å². The fourth-order valence-electron chi connectivity index (χ4n) is 2.01. The number of nitrogens with one attached hydrogen (secondary N) is 1. The smallest absolute Gasteiger partial charge is 0.159 e. The average Bonchev–Trinajstić information content (AvgIpc) is 2.44. The molecule has 2 rings (SSSR count). The molecule has 0 fully saturated rings. The van der Waals surface area contributed by atoms with Crippen LogP contribution in [0, 0.1) is 13.8 Å². The molecule has 2 aromatic rings. The van der Waals surface area contributed by atoms with Crippen molar-refractivity contribution in [1.29, 1.82) is 0 Å². The van der Waals surface area contributed by atoms with Crippen LogP contribution in [-0.2, 0) is 6.42 Å².